The van der Waals surface area contributed by atoms with Gasteiger partial charge in [-0.3, -0.25) is 4.79 Å². The molecule has 2 heterocycles. The zero-order valence-electron chi connectivity index (χ0n) is 27.4. The second kappa shape index (κ2) is 11.9. The SMILES string of the molecule is CC1(C)CC(=O)[C@@]23O[C@]1(COCc1ccccc1)C[C@]2(C)CCC[C@@H]3COC(c1ccccc1)(c1ccccc1)c1ccccc1. The van der Waals surface area contributed by atoms with E-state index >= 15 is 0 Å². The van der Waals surface area contributed by atoms with E-state index in [9.17, 15) is 4.79 Å². The monoisotopic (exact) mass is 614 g/mol. The molecule has 2 bridgehead atoms. The van der Waals surface area contributed by atoms with Crippen molar-refractivity contribution in [3.8, 4) is 0 Å². The summed E-state index contributed by atoms with van der Waals surface area (Å²) in [4.78, 5) is 14.6. The van der Waals surface area contributed by atoms with Gasteiger partial charge in [-0.05, 0) is 41.5 Å². The van der Waals surface area contributed by atoms with Crippen molar-refractivity contribution in [1.82, 2.24) is 0 Å². The molecule has 4 heteroatoms. The lowest BCUT2D eigenvalue weighted by Crippen LogP contribution is -2.65. The summed E-state index contributed by atoms with van der Waals surface area (Å²) in [5, 5.41) is 0. The van der Waals surface area contributed by atoms with Gasteiger partial charge in [-0.1, -0.05) is 149 Å². The molecule has 0 N–H and O–H groups in total. The van der Waals surface area contributed by atoms with E-state index < -0.39 is 16.8 Å². The Morgan fingerprint density at radius 2 is 1.28 bits per heavy atom. The third-order valence-electron chi connectivity index (χ3n) is 11.5. The van der Waals surface area contributed by atoms with Crippen LogP contribution < -0.4 is 0 Å². The van der Waals surface area contributed by atoms with Crippen LogP contribution in [0.3, 0.4) is 0 Å². The number of benzene rings is 4. The molecule has 1 spiro atoms. The van der Waals surface area contributed by atoms with Crippen molar-refractivity contribution in [3.63, 3.8) is 0 Å². The van der Waals surface area contributed by atoms with E-state index in [0.717, 1.165) is 47.9 Å². The number of ether oxygens (including phenoxy) is 3. The van der Waals surface area contributed by atoms with Crippen molar-refractivity contribution < 1.29 is 19.0 Å². The van der Waals surface area contributed by atoms with Crippen molar-refractivity contribution in [2.45, 2.75) is 76.3 Å². The summed E-state index contributed by atoms with van der Waals surface area (Å²) in [5.74, 6) is 0.149. The van der Waals surface area contributed by atoms with E-state index in [1.54, 1.807) is 0 Å². The molecule has 4 aromatic carbocycles. The van der Waals surface area contributed by atoms with Gasteiger partial charge in [0.15, 0.2) is 5.78 Å². The van der Waals surface area contributed by atoms with Crippen molar-refractivity contribution in [3.05, 3.63) is 144 Å². The highest BCUT2D eigenvalue weighted by Crippen LogP contribution is 2.68. The minimum absolute atomic E-state index is 0.0821. The summed E-state index contributed by atoms with van der Waals surface area (Å²) in [6.45, 7) is 8.09. The molecule has 4 aromatic rings. The molecule has 4 nitrogen and oxygen atoms in total. The Bertz CT molecular complexity index is 1540. The molecule has 0 unspecified atom stereocenters. The molecule has 0 amide bonds. The zero-order chi connectivity index (χ0) is 31.9. The van der Waals surface area contributed by atoms with Crippen LogP contribution in [0.1, 0.15) is 75.1 Å². The Morgan fingerprint density at radius 1 is 0.761 bits per heavy atom. The zero-order valence-corrected chi connectivity index (χ0v) is 27.4. The first kappa shape index (κ1) is 31.1. The van der Waals surface area contributed by atoms with Crippen LogP contribution in [0, 0.1) is 16.7 Å². The largest absolute Gasteiger partial charge is 0.374 e. The molecule has 238 valence electrons. The molecule has 46 heavy (non-hydrogen) atoms. The van der Waals surface area contributed by atoms with Crippen molar-refractivity contribution >= 4 is 5.78 Å². The van der Waals surface area contributed by atoms with Gasteiger partial charge in [-0.25, -0.2) is 0 Å². The topological polar surface area (TPSA) is 44.8 Å². The van der Waals surface area contributed by atoms with Gasteiger partial charge in [0.1, 0.15) is 11.2 Å². The fraction of sp³-hybridized carbons (Fsp3) is 0.405. The standard InChI is InChI=1S/C42H46O4/c1-38(2)27-37(43)42-36(25-16-26-39(42,3)30-40(38,46-42)31-44-28-32-17-8-4-9-18-32)29-45-41(33-19-10-5-11-20-33,34-21-12-6-13-22-34)35-23-14-7-15-24-35/h4-15,17-24,36H,16,25-31H2,1-3H3/t36-,39+,40+,42-/m1/s1. The highest BCUT2D eigenvalue weighted by Gasteiger charge is 2.75. The highest BCUT2D eigenvalue weighted by atomic mass is 16.6. The van der Waals surface area contributed by atoms with E-state index in [1.807, 2.05) is 36.4 Å². The lowest BCUT2D eigenvalue weighted by molar-refractivity contribution is -0.246. The molecule has 1 aliphatic carbocycles. The fourth-order valence-electron chi connectivity index (χ4n) is 9.09. The normalized spacial score (nSPS) is 28.5. The number of hydrogen-bond acceptors (Lipinski definition) is 4. The van der Waals surface area contributed by atoms with Gasteiger partial charge in [0.05, 0.1) is 25.4 Å². The van der Waals surface area contributed by atoms with Crippen LogP contribution in [-0.4, -0.2) is 30.2 Å². The number of carbonyl (C=O) groups is 1. The van der Waals surface area contributed by atoms with Crippen LogP contribution in [-0.2, 0) is 31.2 Å². The number of fused-ring (bicyclic) bond motifs is 1. The molecule has 4 atom stereocenters. The summed E-state index contributed by atoms with van der Waals surface area (Å²) in [7, 11) is 0. The van der Waals surface area contributed by atoms with Crippen LogP contribution >= 0.6 is 0 Å². The molecule has 3 fully saturated rings. The lowest BCUT2D eigenvalue weighted by atomic mass is 9.57. The maximum Gasteiger partial charge on any atom is 0.166 e. The predicted octanol–water partition coefficient (Wildman–Crippen LogP) is 8.92. The van der Waals surface area contributed by atoms with Gasteiger partial charge in [-0.15, -0.1) is 0 Å². The summed E-state index contributed by atoms with van der Waals surface area (Å²) >= 11 is 0. The van der Waals surface area contributed by atoms with Gasteiger partial charge in [0, 0.05) is 23.2 Å². The summed E-state index contributed by atoms with van der Waals surface area (Å²) in [5.41, 5.74) is 1.39. The maximum atomic E-state index is 14.6. The van der Waals surface area contributed by atoms with Crippen LogP contribution in [0.15, 0.2) is 121 Å². The smallest absolute Gasteiger partial charge is 0.166 e. The molecule has 7 rings (SSSR count). The van der Waals surface area contributed by atoms with Crippen molar-refractivity contribution in [1.29, 1.82) is 0 Å². The van der Waals surface area contributed by atoms with E-state index in [2.05, 4.69) is 106 Å². The van der Waals surface area contributed by atoms with Crippen molar-refractivity contribution in [2.24, 2.45) is 16.7 Å². The molecular weight excluding hydrogens is 568 g/mol. The Labute approximate surface area is 274 Å². The molecular formula is C42H46O4. The number of Topliss-reactive ketones (excluding diaryl/α,β-unsaturated/α-hetero) is 1. The number of ketones is 1. The second-order valence-corrected chi connectivity index (χ2v) is 14.7. The number of hydrogen-bond donors (Lipinski definition) is 0. The lowest BCUT2D eigenvalue weighted by Gasteiger charge is -2.55. The average Bonchev–Trinajstić information content (AvgIpc) is 3.36. The van der Waals surface area contributed by atoms with E-state index in [0.29, 0.717) is 26.2 Å². The second-order valence-electron chi connectivity index (χ2n) is 14.7. The first-order chi connectivity index (χ1) is 22.2. The first-order valence-electron chi connectivity index (χ1n) is 16.9. The Kier molecular flexibility index (Phi) is 8.03. The molecule has 0 radical (unpaired) electrons. The van der Waals surface area contributed by atoms with Crippen molar-refractivity contribution in [2.75, 3.05) is 13.2 Å². The van der Waals surface area contributed by atoms with Gasteiger partial charge in [0.25, 0.3) is 0 Å². The Hall–Kier alpha value is -3.57. The van der Waals surface area contributed by atoms with E-state index in [4.69, 9.17) is 14.2 Å². The van der Waals surface area contributed by atoms with Crippen LogP contribution in [0.5, 0.6) is 0 Å². The highest BCUT2D eigenvalue weighted by molar-refractivity contribution is 5.91. The molecule has 2 saturated heterocycles. The summed E-state index contributed by atoms with van der Waals surface area (Å²) in [6.07, 6.45) is 4.18. The van der Waals surface area contributed by atoms with Gasteiger partial charge in [-0.2, -0.15) is 0 Å². The first-order valence-corrected chi connectivity index (χ1v) is 16.9. The van der Waals surface area contributed by atoms with Crippen LogP contribution in [0.25, 0.3) is 0 Å². The molecule has 2 aliphatic heterocycles. The number of carbonyl (C=O) groups excluding carboxylic acids is 1. The average molecular weight is 615 g/mol. The molecule has 3 aliphatic rings. The quantitative estimate of drug-likeness (QED) is 0.167. The van der Waals surface area contributed by atoms with Gasteiger partial charge in [0.2, 0.25) is 0 Å². The van der Waals surface area contributed by atoms with Crippen LogP contribution in [0.2, 0.25) is 0 Å². The van der Waals surface area contributed by atoms with Crippen LogP contribution in [0.4, 0.5) is 0 Å². The Morgan fingerprint density at radius 3 is 1.83 bits per heavy atom. The minimum atomic E-state index is -0.910. The molecule has 1 saturated carbocycles. The third-order valence-corrected chi connectivity index (χ3v) is 11.5. The van der Waals surface area contributed by atoms with Gasteiger partial charge >= 0.3 is 0 Å². The summed E-state index contributed by atoms with van der Waals surface area (Å²) < 4.78 is 21.2. The van der Waals surface area contributed by atoms with Gasteiger partial charge < -0.3 is 14.2 Å². The predicted molar refractivity (Wildman–Crippen MR) is 181 cm³/mol. The fourth-order valence-corrected chi connectivity index (χ4v) is 9.09. The summed E-state index contributed by atoms with van der Waals surface area (Å²) in [6, 6.07) is 41.8. The van der Waals surface area contributed by atoms with E-state index in [-0.39, 0.29) is 22.5 Å². The minimum Gasteiger partial charge on any atom is -0.374 e. The maximum absolute atomic E-state index is 14.6. The van der Waals surface area contributed by atoms with E-state index in [1.165, 1.54) is 0 Å². The number of rotatable bonds is 10. The Balaban J connectivity index is 1.26. The molecule has 0 aromatic heterocycles. The third kappa shape index (κ3) is 4.89.